The molecular formula is C9H16ClN3. The second-order valence-electron chi connectivity index (χ2n) is 3.38. The summed E-state index contributed by atoms with van der Waals surface area (Å²) in [6.07, 6.45) is 4.21. The third-order valence-electron chi connectivity index (χ3n) is 2.09. The summed E-state index contributed by atoms with van der Waals surface area (Å²) in [5.74, 6) is 0. The number of halogens is 1. The zero-order chi connectivity index (χ0) is 9.84. The van der Waals surface area contributed by atoms with E-state index in [1.54, 1.807) is 0 Å². The molecule has 0 saturated carbocycles. The predicted molar refractivity (Wildman–Crippen MR) is 53.9 cm³/mol. The van der Waals surface area contributed by atoms with Crippen LogP contribution in [0.3, 0.4) is 0 Å². The molecule has 4 heteroatoms. The van der Waals surface area contributed by atoms with Crippen molar-refractivity contribution >= 4 is 11.6 Å². The Hall–Kier alpha value is -0.570. The summed E-state index contributed by atoms with van der Waals surface area (Å²) in [6.45, 7) is 6.21. The monoisotopic (exact) mass is 201 g/mol. The van der Waals surface area contributed by atoms with E-state index in [4.69, 9.17) is 11.6 Å². The Morgan fingerprint density at radius 3 is 2.69 bits per heavy atom. The van der Waals surface area contributed by atoms with Crippen molar-refractivity contribution in [2.45, 2.75) is 45.0 Å². The highest BCUT2D eigenvalue weighted by Gasteiger charge is 2.09. The number of aromatic nitrogens is 3. The third kappa shape index (κ3) is 2.69. The molecule has 0 radical (unpaired) electrons. The van der Waals surface area contributed by atoms with Gasteiger partial charge in [-0.2, -0.15) is 0 Å². The quantitative estimate of drug-likeness (QED) is 0.702. The van der Waals surface area contributed by atoms with Crippen molar-refractivity contribution in [2.24, 2.45) is 0 Å². The molecule has 1 aromatic rings. The minimum atomic E-state index is -0.0532. The lowest BCUT2D eigenvalue weighted by Gasteiger charge is -2.08. The summed E-state index contributed by atoms with van der Waals surface area (Å²) in [4.78, 5) is 0. The Morgan fingerprint density at radius 2 is 2.23 bits per heavy atom. The fourth-order valence-corrected chi connectivity index (χ4v) is 1.34. The largest absolute Gasteiger partial charge is 0.249 e. The van der Waals surface area contributed by atoms with Crippen LogP contribution in [0.2, 0.25) is 0 Å². The molecule has 2 unspecified atom stereocenters. The van der Waals surface area contributed by atoms with Crippen LogP contribution in [0.5, 0.6) is 0 Å². The molecule has 0 fully saturated rings. The molecule has 1 heterocycles. The molecule has 0 spiro atoms. The van der Waals surface area contributed by atoms with Gasteiger partial charge >= 0.3 is 0 Å². The lowest BCUT2D eigenvalue weighted by molar-refractivity contribution is 0.443. The average molecular weight is 202 g/mol. The van der Waals surface area contributed by atoms with Gasteiger partial charge in [0.2, 0.25) is 0 Å². The molecule has 0 N–H and O–H groups in total. The summed E-state index contributed by atoms with van der Waals surface area (Å²) in [5, 5.41) is 7.99. The Bertz CT molecular complexity index is 257. The molecule has 0 bridgehead atoms. The van der Waals surface area contributed by atoms with E-state index in [1.165, 1.54) is 0 Å². The van der Waals surface area contributed by atoms with Crippen molar-refractivity contribution in [2.75, 3.05) is 0 Å². The summed E-state index contributed by atoms with van der Waals surface area (Å²) < 4.78 is 1.89. The van der Waals surface area contributed by atoms with Gasteiger partial charge in [-0.3, -0.25) is 0 Å². The van der Waals surface area contributed by atoms with Gasteiger partial charge in [0.1, 0.15) is 5.69 Å². The molecule has 2 atom stereocenters. The number of alkyl halides is 1. The third-order valence-corrected chi connectivity index (χ3v) is 2.32. The topological polar surface area (TPSA) is 30.7 Å². The molecule has 0 saturated heterocycles. The van der Waals surface area contributed by atoms with E-state index in [1.807, 2.05) is 17.8 Å². The molecule has 13 heavy (non-hydrogen) atoms. The van der Waals surface area contributed by atoms with Crippen molar-refractivity contribution in [3.8, 4) is 0 Å². The van der Waals surface area contributed by atoms with E-state index in [9.17, 15) is 0 Å². The van der Waals surface area contributed by atoms with Crippen molar-refractivity contribution in [3.05, 3.63) is 11.9 Å². The van der Waals surface area contributed by atoms with E-state index in [-0.39, 0.29) is 5.38 Å². The maximum Gasteiger partial charge on any atom is 0.100 e. The first kappa shape index (κ1) is 10.5. The molecule has 1 aromatic heterocycles. The average Bonchev–Trinajstić information content (AvgIpc) is 2.52. The van der Waals surface area contributed by atoms with Gasteiger partial charge in [0.15, 0.2) is 0 Å². The summed E-state index contributed by atoms with van der Waals surface area (Å²) in [6, 6.07) is 0.418. The van der Waals surface area contributed by atoms with Gasteiger partial charge in [0.25, 0.3) is 0 Å². The first-order valence-electron chi connectivity index (χ1n) is 4.71. The number of rotatable bonds is 4. The Kier molecular flexibility index (Phi) is 3.72. The zero-order valence-electron chi connectivity index (χ0n) is 8.37. The van der Waals surface area contributed by atoms with Gasteiger partial charge in [-0.05, 0) is 20.3 Å². The highest BCUT2D eigenvalue weighted by atomic mass is 35.5. The van der Waals surface area contributed by atoms with Crippen LogP contribution in [0, 0.1) is 0 Å². The molecule has 0 aromatic carbocycles. The molecule has 1 rings (SSSR count). The van der Waals surface area contributed by atoms with E-state index in [2.05, 4.69) is 24.2 Å². The molecular weight excluding hydrogens is 186 g/mol. The summed E-state index contributed by atoms with van der Waals surface area (Å²) in [5.41, 5.74) is 0.851. The van der Waals surface area contributed by atoms with Gasteiger partial charge < -0.3 is 0 Å². The van der Waals surface area contributed by atoms with Gasteiger partial charge in [-0.25, -0.2) is 4.68 Å². The highest BCUT2D eigenvalue weighted by molar-refractivity contribution is 6.20. The maximum absolute atomic E-state index is 5.88. The lowest BCUT2D eigenvalue weighted by Crippen LogP contribution is -2.05. The van der Waals surface area contributed by atoms with Crippen LogP contribution in [0.4, 0.5) is 0 Å². The van der Waals surface area contributed by atoms with Crippen LogP contribution >= 0.6 is 11.6 Å². The van der Waals surface area contributed by atoms with Crippen LogP contribution in [0.25, 0.3) is 0 Å². The molecule has 74 valence electrons. The predicted octanol–water partition coefficient (Wildman–Crippen LogP) is 2.94. The second kappa shape index (κ2) is 4.61. The standard InChI is InChI=1S/C9H16ClN3/c1-4-5-7(2)13-6-9(8(3)10)11-12-13/h6-8H,4-5H2,1-3H3. The van der Waals surface area contributed by atoms with Crippen LogP contribution in [0.1, 0.15) is 50.7 Å². The van der Waals surface area contributed by atoms with Gasteiger partial charge in [-0.15, -0.1) is 16.7 Å². The van der Waals surface area contributed by atoms with Crippen molar-refractivity contribution < 1.29 is 0 Å². The molecule has 0 amide bonds. The molecule has 0 aliphatic carbocycles. The van der Waals surface area contributed by atoms with Gasteiger partial charge in [0.05, 0.1) is 17.6 Å². The molecule has 0 aliphatic heterocycles. The van der Waals surface area contributed by atoms with Crippen molar-refractivity contribution in [3.63, 3.8) is 0 Å². The van der Waals surface area contributed by atoms with Gasteiger partial charge in [0, 0.05) is 0 Å². The normalized spacial score (nSPS) is 15.7. The first-order chi connectivity index (χ1) is 6.15. The summed E-state index contributed by atoms with van der Waals surface area (Å²) >= 11 is 5.88. The fraction of sp³-hybridized carbons (Fsp3) is 0.778. The molecule has 3 nitrogen and oxygen atoms in total. The number of hydrogen-bond donors (Lipinski definition) is 0. The van der Waals surface area contributed by atoms with Crippen LogP contribution in [-0.2, 0) is 0 Å². The SMILES string of the molecule is CCCC(C)n1cc(C(C)Cl)nn1. The summed E-state index contributed by atoms with van der Waals surface area (Å²) in [7, 11) is 0. The Morgan fingerprint density at radius 1 is 1.54 bits per heavy atom. The minimum absolute atomic E-state index is 0.0532. The van der Waals surface area contributed by atoms with Crippen LogP contribution in [0.15, 0.2) is 6.20 Å². The Labute approximate surface area is 84.1 Å². The maximum atomic E-state index is 5.88. The second-order valence-corrected chi connectivity index (χ2v) is 4.03. The first-order valence-corrected chi connectivity index (χ1v) is 5.14. The van der Waals surface area contributed by atoms with E-state index < -0.39 is 0 Å². The van der Waals surface area contributed by atoms with E-state index in [0.717, 1.165) is 18.5 Å². The van der Waals surface area contributed by atoms with Crippen molar-refractivity contribution in [1.82, 2.24) is 15.0 Å². The number of hydrogen-bond acceptors (Lipinski definition) is 2. The number of nitrogens with zero attached hydrogens (tertiary/aromatic N) is 3. The Balaban J connectivity index is 2.67. The fourth-order valence-electron chi connectivity index (χ4n) is 1.24. The van der Waals surface area contributed by atoms with Crippen molar-refractivity contribution in [1.29, 1.82) is 0 Å². The smallest absolute Gasteiger partial charge is 0.100 e. The van der Waals surface area contributed by atoms with Crippen LogP contribution < -0.4 is 0 Å². The van der Waals surface area contributed by atoms with Crippen LogP contribution in [-0.4, -0.2) is 15.0 Å². The highest BCUT2D eigenvalue weighted by Crippen LogP contribution is 2.18. The van der Waals surface area contributed by atoms with Gasteiger partial charge in [-0.1, -0.05) is 18.6 Å². The zero-order valence-corrected chi connectivity index (χ0v) is 9.12. The van der Waals surface area contributed by atoms with E-state index in [0.29, 0.717) is 6.04 Å². The molecule has 0 aliphatic rings. The lowest BCUT2D eigenvalue weighted by atomic mass is 10.2. The van der Waals surface area contributed by atoms with E-state index >= 15 is 0 Å². The minimum Gasteiger partial charge on any atom is -0.249 e.